The van der Waals surface area contributed by atoms with Crippen molar-refractivity contribution in [3.63, 3.8) is 0 Å². The molecule has 1 fully saturated rings. The van der Waals surface area contributed by atoms with Crippen molar-refractivity contribution >= 4 is 21.6 Å². The fourth-order valence-corrected chi connectivity index (χ4v) is 4.51. The Morgan fingerprint density at radius 3 is 2.46 bits per heavy atom. The van der Waals surface area contributed by atoms with E-state index in [1.54, 1.807) is 11.9 Å². The molecule has 8 nitrogen and oxygen atoms in total. The minimum atomic E-state index is -3.53. The summed E-state index contributed by atoms with van der Waals surface area (Å²) >= 11 is 0. The second-order valence-electron chi connectivity index (χ2n) is 5.75. The molecule has 0 atom stereocenters. The van der Waals surface area contributed by atoms with Crippen LogP contribution in [0.4, 0.5) is 10.5 Å². The lowest BCUT2D eigenvalue weighted by molar-refractivity contribution is 0.200. The summed E-state index contributed by atoms with van der Waals surface area (Å²) in [7, 11) is -1.92. The normalized spacial score (nSPS) is 16.1. The lowest BCUT2D eigenvalue weighted by Crippen LogP contribution is -2.44. The van der Waals surface area contributed by atoms with Crippen LogP contribution in [0.1, 0.15) is 12.8 Å². The molecule has 2 aromatic rings. The van der Waals surface area contributed by atoms with Gasteiger partial charge in [0.2, 0.25) is 15.0 Å². The molecule has 1 saturated heterocycles. The second-order valence-corrected chi connectivity index (χ2v) is 7.87. The van der Waals surface area contributed by atoms with Gasteiger partial charge in [0, 0.05) is 25.8 Å². The lowest BCUT2D eigenvalue weighted by atomic mass is 10.1. The van der Waals surface area contributed by atoms with E-state index < -0.39 is 15.1 Å². The fourth-order valence-electron chi connectivity index (χ4n) is 2.77. The highest BCUT2D eigenvalue weighted by molar-refractivity contribution is 7.91. The van der Waals surface area contributed by atoms with Gasteiger partial charge in [0.15, 0.2) is 0 Å². The molecule has 2 heterocycles. The van der Waals surface area contributed by atoms with Crippen molar-refractivity contribution in [3.05, 3.63) is 36.7 Å². The topological polar surface area (TPSA) is 97.2 Å². The summed E-state index contributed by atoms with van der Waals surface area (Å²) in [5.41, 5.74) is 0.719. The Labute approximate surface area is 140 Å². The molecule has 2 amide bonds. The number of anilines is 1. The Morgan fingerprint density at radius 2 is 1.88 bits per heavy atom. The van der Waals surface area contributed by atoms with E-state index in [0.29, 0.717) is 25.9 Å². The van der Waals surface area contributed by atoms with Crippen LogP contribution in [0, 0.1) is 0 Å². The number of nitrogens with zero attached hydrogens (tertiary/aromatic N) is 4. The van der Waals surface area contributed by atoms with Gasteiger partial charge in [0.25, 0.3) is 0 Å². The molecule has 1 aromatic carbocycles. The molecule has 1 N–H and O–H groups in total. The number of sulfone groups is 1. The van der Waals surface area contributed by atoms with E-state index in [9.17, 15) is 13.2 Å². The maximum absolute atomic E-state index is 12.6. The van der Waals surface area contributed by atoms with Crippen LogP contribution in [0.15, 0.2) is 41.8 Å². The van der Waals surface area contributed by atoms with Crippen LogP contribution in [0.2, 0.25) is 0 Å². The maximum Gasteiger partial charge on any atom is 0.321 e. The standard InChI is InChI=1S/C15H19N5O3S/c1-19-11-16-18-15(19)24(22,23)13-7-9-20(10-8-13)14(21)17-12-5-3-2-4-6-12/h2-6,11,13H,7-10H2,1H3,(H,17,21). The number of carbonyl (C=O) groups is 1. The van der Waals surface area contributed by atoms with E-state index in [0.717, 1.165) is 5.69 Å². The Balaban J connectivity index is 1.62. The quantitative estimate of drug-likeness (QED) is 0.900. The molecule has 0 aliphatic carbocycles. The second kappa shape index (κ2) is 6.60. The zero-order valence-electron chi connectivity index (χ0n) is 13.3. The van der Waals surface area contributed by atoms with Gasteiger partial charge in [0.1, 0.15) is 6.33 Å². The number of urea groups is 1. The summed E-state index contributed by atoms with van der Waals surface area (Å²) in [5, 5.41) is 9.59. The van der Waals surface area contributed by atoms with Gasteiger partial charge in [-0.15, -0.1) is 10.2 Å². The average molecular weight is 349 g/mol. The van der Waals surface area contributed by atoms with Gasteiger partial charge in [-0.25, -0.2) is 13.2 Å². The molecule has 1 aromatic heterocycles. The van der Waals surface area contributed by atoms with Crippen LogP contribution >= 0.6 is 0 Å². The number of para-hydroxylation sites is 1. The molecule has 9 heteroatoms. The summed E-state index contributed by atoms with van der Waals surface area (Å²) in [6.45, 7) is 0.779. The van der Waals surface area contributed by atoms with E-state index in [1.165, 1.54) is 10.9 Å². The molecular weight excluding hydrogens is 330 g/mol. The monoisotopic (exact) mass is 349 g/mol. The number of benzene rings is 1. The summed E-state index contributed by atoms with van der Waals surface area (Å²) in [5.74, 6) is 0. The van der Waals surface area contributed by atoms with Crippen LogP contribution in [0.25, 0.3) is 0 Å². The molecule has 1 aliphatic rings. The van der Waals surface area contributed by atoms with Gasteiger partial charge in [0.05, 0.1) is 5.25 Å². The first-order chi connectivity index (χ1) is 11.5. The Hall–Kier alpha value is -2.42. The number of hydrogen-bond donors (Lipinski definition) is 1. The average Bonchev–Trinajstić information content (AvgIpc) is 3.03. The summed E-state index contributed by atoms with van der Waals surface area (Å²) < 4.78 is 26.6. The van der Waals surface area contributed by atoms with Crippen molar-refractivity contribution in [2.24, 2.45) is 7.05 Å². The zero-order chi connectivity index (χ0) is 17.2. The number of aromatic nitrogens is 3. The maximum atomic E-state index is 12.6. The fraction of sp³-hybridized carbons (Fsp3) is 0.400. The predicted molar refractivity (Wildman–Crippen MR) is 88.2 cm³/mol. The van der Waals surface area contributed by atoms with Gasteiger partial charge in [-0.1, -0.05) is 18.2 Å². The molecule has 0 unspecified atom stereocenters. The molecule has 1 aliphatic heterocycles. The van der Waals surface area contributed by atoms with Gasteiger partial charge in [-0.05, 0) is 25.0 Å². The van der Waals surface area contributed by atoms with Crippen molar-refractivity contribution in [2.45, 2.75) is 23.2 Å². The van der Waals surface area contributed by atoms with Crippen LogP contribution < -0.4 is 5.32 Å². The molecule has 24 heavy (non-hydrogen) atoms. The van der Waals surface area contributed by atoms with E-state index >= 15 is 0 Å². The third-order valence-corrected chi connectivity index (χ3v) is 6.35. The summed E-state index contributed by atoms with van der Waals surface area (Å²) in [4.78, 5) is 13.9. The summed E-state index contributed by atoms with van der Waals surface area (Å²) in [6, 6.07) is 8.96. The van der Waals surface area contributed by atoms with Crippen molar-refractivity contribution in [1.82, 2.24) is 19.7 Å². The van der Waals surface area contributed by atoms with Crippen LogP contribution in [0.3, 0.4) is 0 Å². The highest BCUT2D eigenvalue weighted by atomic mass is 32.2. The highest BCUT2D eigenvalue weighted by Gasteiger charge is 2.35. The molecular formula is C15H19N5O3S. The third-order valence-electron chi connectivity index (χ3n) is 4.12. The molecule has 128 valence electrons. The number of nitrogens with one attached hydrogen (secondary N) is 1. The minimum Gasteiger partial charge on any atom is -0.324 e. The minimum absolute atomic E-state index is 0.0188. The number of likely N-dealkylation sites (tertiary alicyclic amines) is 1. The smallest absolute Gasteiger partial charge is 0.321 e. The summed E-state index contributed by atoms with van der Waals surface area (Å²) in [6.07, 6.45) is 2.14. The largest absolute Gasteiger partial charge is 0.324 e. The number of aryl methyl sites for hydroxylation is 1. The Morgan fingerprint density at radius 1 is 1.21 bits per heavy atom. The number of amides is 2. The van der Waals surface area contributed by atoms with E-state index in [4.69, 9.17) is 0 Å². The van der Waals surface area contributed by atoms with Gasteiger partial charge >= 0.3 is 6.03 Å². The first kappa shape index (κ1) is 16.4. The van der Waals surface area contributed by atoms with Crippen LogP contribution in [-0.2, 0) is 16.9 Å². The van der Waals surface area contributed by atoms with E-state index in [2.05, 4.69) is 15.5 Å². The molecule has 3 rings (SSSR count). The highest BCUT2D eigenvalue weighted by Crippen LogP contribution is 2.23. The van der Waals surface area contributed by atoms with Gasteiger partial charge < -0.3 is 14.8 Å². The van der Waals surface area contributed by atoms with Gasteiger partial charge in [-0.3, -0.25) is 0 Å². The van der Waals surface area contributed by atoms with Crippen molar-refractivity contribution in [2.75, 3.05) is 18.4 Å². The molecule has 0 saturated carbocycles. The number of rotatable bonds is 3. The van der Waals surface area contributed by atoms with E-state index in [-0.39, 0.29) is 11.2 Å². The van der Waals surface area contributed by atoms with Crippen LogP contribution in [0.5, 0.6) is 0 Å². The predicted octanol–water partition coefficient (Wildman–Crippen LogP) is 1.29. The molecule has 0 spiro atoms. The zero-order valence-corrected chi connectivity index (χ0v) is 14.1. The molecule has 0 radical (unpaired) electrons. The Bertz CT molecular complexity index is 811. The third kappa shape index (κ3) is 3.25. The van der Waals surface area contributed by atoms with Crippen molar-refractivity contribution in [3.8, 4) is 0 Å². The first-order valence-electron chi connectivity index (χ1n) is 7.67. The van der Waals surface area contributed by atoms with E-state index in [1.807, 2.05) is 30.3 Å². The number of hydrogen-bond acceptors (Lipinski definition) is 5. The first-order valence-corrected chi connectivity index (χ1v) is 9.22. The van der Waals surface area contributed by atoms with Crippen LogP contribution in [-0.4, -0.2) is 52.5 Å². The van der Waals surface area contributed by atoms with Gasteiger partial charge in [-0.2, -0.15) is 0 Å². The van der Waals surface area contributed by atoms with Crippen molar-refractivity contribution in [1.29, 1.82) is 0 Å². The molecule has 0 bridgehead atoms. The number of piperidine rings is 1. The van der Waals surface area contributed by atoms with Crippen molar-refractivity contribution < 1.29 is 13.2 Å². The lowest BCUT2D eigenvalue weighted by Gasteiger charge is -2.31. The Kier molecular flexibility index (Phi) is 4.52. The SMILES string of the molecule is Cn1cnnc1S(=O)(=O)C1CCN(C(=O)Nc2ccccc2)CC1. The number of carbonyl (C=O) groups excluding carboxylic acids is 1.